The molecule has 1 fully saturated rings. The third-order valence-electron chi connectivity index (χ3n) is 5.77. The normalized spacial score (nSPS) is 22.6. The molecule has 5 rings (SSSR count). The summed E-state index contributed by atoms with van der Waals surface area (Å²) in [6.45, 7) is 0. The van der Waals surface area contributed by atoms with Gasteiger partial charge in [0.15, 0.2) is 5.72 Å². The minimum absolute atomic E-state index is 0.188. The Balaban J connectivity index is 1.57. The molecule has 1 spiro atoms. The molecule has 4 nitrogen and oxygen atoms in total. The fraction of sp³-hybridized carbons (Fsp3) is 0.381. The van der Waals surface area contributed by atoms with Crippen molar-refractivity contribution in [3.05, 3.63) is 58.6 Å². The molecule has 26 heavy (non-hydrogen) atoms. The zero-order chi connectivity index (χ0) is 17.7. The molecule has 1 saturated carbocycles. The Kier molecular flexibility index (Phi) is 3.64. The molecule has 0 bridgehead atoms. The van der Waals surface area contributed by atoms with Crippen molar-refractivity contribution in [2.24, 2.45) is 5.10 Å². The lowest BCUT2D eigenvalue weighted by Gasteiger charge is -2.45. The van der Waals surface area contributed by atoms with E-state index in [0.717, 1.165) is 52.6 Å². The first-order valence-electron chi connectivity index (χ1n) is 9.18. The molecule has 5 heteroatoms. The van der Waals surface area contributed by atoms with Gasteiger partial charge in [-0.05, 0) is 60.9 Å². The van der Waals surface area contributed by atoms with Gasteiger partial charge in [0.2, 0.25) is 0 Å². The molecule has 0 unspecified atom stereocenters. The van der Waals surface area contributed by atoms with E-state index in [1.165, 1.54) is 12.8 Å². The van der Waals surface area contributed by atoms with Gasteiger partial charge in [0.1, 0.15) is 11.5 Å². The van der Waals surface area contributed by atoms with Crippen LogP contribution in [0.2, 0.25) is 5.02 Å². The van der Waals surface area contributed by atoms with E-state index in [1.807, 2.05) is 30.3 Å². The number of benzene rings is 2. The van der Waals surface area contributed by atoms with E-state index in [1.54, 1.807) is 7.11 Å². The standard InChI is InChI=1S/C21H21ClN2O2/c1-25-16-7-4-14(5-8-16)18-13-19-17-12-15(22)6-9-20(17)26-21(24(19)23-18)10-2-3-11-21/h4-9,12,19H,2-3,10-11,13H2,1H3/t19-/m1/s1. The van der Waals surface area contributed by atoms with Crippen LogP contribution >= 0.6 is 11.6 Å². The van der Waals surface area contributed by atoms with Crippen LogP contribution in [0.5, 0.6) is 11.5 Å². The Bertz CT molecular complexity index is 872. The zero-order valence-electron chi connectivity index (χ0n) is 14.7. The van der Waals surface area contributed by atoms with Gasteiger partial charge >= 0.3 is 0 Å². The highest BCUT2D eigenvalue weighted by Gasteiger charge is 2.51. The van der Waals surface area contributed by atoms with E-state index in [2.05, 4.69) is 17.1 Å². The molecule has 3 aliphatic rings. The first-order valence-corrected chi connectivity index (χ1v) is 9.56. The quantitative estimate of drug-likeness (QED) is 0.734. The second-order valence-corrected chi connectivity index (χ2v) is 7.71. The molecule has 2 aromatic carbocycles. The zero-order valence-corrected chi connectivity index (χ0v) is 15.5. The predicted octanol–water partition coefficient (Wildman–Crippen LogP) is 5.16. The Morgan fingerprint density at radius 2 is 1.92 bits per heavy atom. The Hall–Kier alpha value is -2.20. The summed E-state index contributed by atoms with van der Waals surface area (Å²) in [6, 6.07) is 14.3. The molecule has 0 radical (unpaired) electrons. The smallest absolute Gasteiger partial charge is 0.198 e. The van der Waals surface area contributed by atoms with Crippen molar-refractivity contribution >= 4 is 17.3 Å². The third kappa shape index (κ3) is 2.39. The molecular weight excluding hydrogens is 348 g/mol. The van der Waals surface area contributed by atoms with E-state index in [4.69, 9.17) is 26.2 Å². The number of hydrogen-bond acceptors (Lipinski definition) is 4. The average molecular weight is 369 g/mol. The number of hydrogen-bond donors (Lipinski definition) is 0. The van der Waals surface area contributed by atoms with Gasteiger partial charge in [-0.15, -0.1) is 0 Å². The summed E-state index contributed by atoms with van der Waals surface area (Å²) in [6.07, 6.45) is 5.26. The summed E-state index contributed by atoms with van der Waals surface area (Å²) in [7, 11) is 1.68. The van der Waals surface area contributed by atoms with Gasteiger partial charge in [-0.2, -0.15) is 5.10 Å². The average Bonchev–Trinajstić information content (AvgIpc) is 3.31. The van der Waals surface area contributed by atoms with Crippen molar-refractivity contribution in [2.45, 2.75) is 43.9 Å². The van der Waals surface area contributed by atoms with Crippen LogP contribution < -0.4 is 9.47 Å². The Labute approximate surface area is 158 Å². The molecule has 1 atom stereocenters. The summed E-state index contributed by atoms with van der Waals surface area (Å²) < 4.78 is 11.8. The lowest BCUT2D eigenvalue weighted by molar-refractivity contribution is -0.114. The van der Waals surface area contributed by atoms with Crippen molar-refractivity contribution in [3.63, 3.8) is 0 Å². The van der Waals surface area contributed by atoms with Gasteiger partial charge in [0.05, 0.1) is 18.9 Å². The third-order valence-corrected chi connectivity index (χ3v) is 6.00. The van der Waals surface area contributed by atoms with Crippen LogP contribution in [0.4, 0.5) is 0 Å². The minimum Gasteiger partial charge on any atom is -0.497 e. The first kappa shape index (κ1) is 16.0. The fourth-order valence-corrected chi connectivity index (χ4v) is 4.65. The fourth-order valence-electron chi connectivity index (χ4n) is 4.47. The minimum atomic E-state index is -0.306. The van der Waals surface area contributed by atoms with E-state index in [0.29, 0.717) is 0 Å². The van der Waals surface area contributed by atoms with Crippen LogP contribution in [-0.4, -0.2) is 23.6 Å². The van der Waals surface area contributed by atoms with Crippen LogP contribution in [0.1, 0.15) is 49.3 Å². The maximum atomic E-state index is 6.51. The predicted molar refractivity (Wildman–Crippen MR) is 102 cm³/mol. The van der Waals surface area contributed by atoms with Gasteiger partial charge in [0.25, 0.3) is 0 Å². The van der Waals surface area contributed by atoms with E-state index in [-0.39, 0.29) is 11.8 Å². The van der Waals surface area contributed by atoms with E-state index in [9.17, 15) is 0 Å². The molecule has 0 saturated heterocycles. The highest BCUT2D eigenvalue weighted by atomic mass is 35.5. The van der Waals surface area contributed by atoms with Crippen molar-refractivity contribution in [1.82, 2.24) is 5.01 Å². The van der Waals surface area contributed by atoms with Gasteiger partial charge in [-0.25, -0.2) is 5.01 Å². The van der Waals surface area contributed by atoms with Crippen LogP contribution in [-0.2, 0) is 0 Å². The number of hydrazone groups is 1. The SMILES string of the molecule is COc1ccc(C2=NN3[C@H](C2)c2cc(Cl)ccc2OC32CCCC2)cc1. The Morgan fingerprint density at radius 1 is 1.15 bits per heavy atom. The lowest BCUT2D eigenvalue weighted by atomic mass is 9.94. The Morgan fingerprint density at radius 3 is 2.65 bits per heavy atom. The molecule has 1 aliphatic carbocycles. The molecule has 2 heterocycles. The maximum absolute atomic E-state index is 6.51. The topological polar surface area (TPSA) is 34.1 Å². The van der Waals surface area contributed by atoms with Crippen LogP contribution in [0.3, 0.4) is 0 Å². The van der Waals surface area contributed by atoms with Gasteiger partial charge in [-0.3, -0.25) is 0 Å². The van der Waals surface area contributed by atoms with Crippen molar-refractivity contribution in [2.75, 3.05) is 7.11 Å². The van der Waals surface area contributed by atoms with E-state index < -0.39 is 0 Å². The molecule has 0 amide bonds. The van der Waals surface area contributed by atoms with Crippen molar-refractivity contribution in [1.29, 1.82) is 0 Å². The largest absolute Gasteiger partial charge is 0.497 e. The van der Waals surface area contributed by atoms with Gasteiger partial charge in [0, 0.05) is 29.8 Å². The number of fused-ring (bicyclic) bond motifs is 4. The van der Waals surface area contributed by atoms with Crippen LogP contribution in [0.15, 0.2) is 47.6 Å². The number of nitrogens with zero attached hydrogens (tertiary/aromatic N) is 2. The van der Waals surface area contributed by atoms with E-state index >= 15 is 0 Å². The summed E-state index contributed by atoms with van der Waals surface area (Å²) in [5.41, 5.74) is 3.07. The number of ether oxygens (including phenoxy) is 2. The summed E-state index contributed by atoms with van der Waals surface area (Å²) in [5, 5.41) is 8.00. The van der Waals surface area contributed by atoms with Gasteiger partial charge < -0.3 is 9.47 Å². The maximum Gasteiger partial charge on any atom is 0.198 e. The highest BCUT2D eigenvalue weighted by Crippen LogP contribution is 2.52. The van der Waals surface area contributed by atoms with Crippen molar-refractivity contribution in [3.8, 4) is 11.5 Å². The number of halogens is 1. The molecule has 2 aliphatic heterocycles. The van der Waals surface area contributed by atoms with Crippen molar-refractivity contribution < 1.29 is 9.47 Å². The molecule has 134 valence electrons. The first-order chi connectivity index (χ1) is 12.7. The lowest BCUT2D eigenvalue weighted by Crippen LogP contribution is -2.51. The van der Waals surface area contributed by atoms with Crippen LogP contribution in [0.25, 0.3) is 0 Å². The van der Waals surface area contributed by atoms with Gasteiger partial charge in [-0.1, -0.05) is 11.6 Å². The molecular formula is C21H21ClN2O2. The summed E-state index contributed by atoms with van der Waals surface area (Å²) in [4.78, 5) is 0. The molecule has 0 aromatic heterocycles. The highest BCUT2D eigenvalue weighted by molar-refractivity contribution is 6.30. The monoisotopic (exact) mass is 368 g/mol. The molecule has 2 aromatic rings. The second-order valence-electron chi connectivity index (χ2n) is 7.28. The summed E-state index contributed by atoms with van der Waals surface area (Å²) in [5.74, 6) is 1.82. The second kappa shape index (κ2) is 5.92. The number of rotatable bonds is 2. The molecule has 0 N–H and O–H groups in total. The van der Waals surface area contributed by atoms with Crippen LogP contribution in [0, 0.1) is 0 Å². The summed E-state index contributed by atoms with van der Waals surface area (Å²) >= 11 is 6.28. The number of methoxy groups -OCH3 is 1.